The fourth-order valence-electron chi connectivity index (χ4n) is 4.60. The second-order valence-electron chi connectivity index (χ2n) is 10.5. The van der Waals surface area contributed by atoms with Gasteiger partial charge in [0.15, 0.2) is 9.84 Å². The number of ether oxygens (including phenoxy) is 2. The van der Waals surface area contributed by atoms with Gasteiger partial charge < -0.3 is 14.4 Å². The van der Waals surface area contributed by atoms with Crippen LogP contribution in [0, 0.1) is 5.82 Å². The molecule has 0 radical (unpaired) electrons. The van der Waals surface area contributed by atoms with Gasteiger partial charge in [-0.25, -0.2) is 17.6 Å². The summed E-state index contributed by atoms with van der Waals surface area (Å²) < 4.78 is 49.4. The lowest BCUT2D eigenvalue weighted by Crippen LogP contribution is -2.52. The Morgan fingerprint density at radius 1 is 1.09 bits per heavy atom. The van der Waals surface area contributed by atoms with Gasteiger partial charge in [0.05, 0.1) is 5.75 Å². The molecule has 34 heavy (non-hydrogen) atoms. The SMILES string of the molecule is CC(C)(C)OC(=O)N1CCC2(CCc3cc(-c4ccc(CS(C)(=O)=O)c(F)c4)ccc3O2)CC1. The molecule has 0 aromatic heterocycles. The topological polar surface area (TPSA) is 72.9 Å². The van der Waals surface area contributed by atoms with Gasteiger partial charge >= 0.3 is 6.09 Å². The summed E-state index contributed by atoms with van der Waals surface area (Å²) in [6, 6.07) is 10.5. The third-order valence-corrected chi connectivity index (χ3v) is 7.20. The highest BCUT2D eigenvalue weighted by molar-refractivity contribution is 7.89. The van der Waals surface area contributed by atoms with Crippen LogP contribution >= 0.6 is 0 Å². The third-order valence-electron chi connectivity index (χ3n) is 6.37. The number of likely N-dealkylation sites (tertiary alicyclic amines) is 1. The van der Waals surface area contributed by atoms with E-state index in [-0.39, 0.29) is 23.0 Å². The van der Waals surface area contributed by atoms with E-state index in [1.807, 2.05) is 39.0 Å². The number of aryl methyl sites for hydroxylation is 1. The number of sulfone groups is 1. The van der Waals surface area contributed by atoms with Crippen LogP contribution in [0.3, 0.4) is 0 Å². The highest BCUT2D eigenvalue weighted by Crippen LogP contribution is 2.41. The van der Waals surface area contributed by atoms with Crippen molar-refractivity contribution in [1.29, 1.82) is 0 Å². The molecule has 6 nitrogen and oxygen atoms in total. The fraction of sp³-hybridized carbons (Fsp3) is 0.500. The van der Waals surface area contributed by atoms with Gasteiger partial charge in [-0.05, 0) is 68.5 Å². The molecule has 184 valence electrons. The Bertz CT molecular complexity index is 1190. The highest BCUT2D eigenvalue weighted by atomic mass is 32.2. The van der Waals surface area contributed by atoms with Gasteiger partial charge in [-0.2, -0.15) is 0 Å². The maximum Gasteiger partial charge on any atom is 0.410 e. The highest BCUT2D eigenvalue weighted by Gasteiger charge is 2.41. The summed E-state index contributed by atoms with van der Waals surface area (Å²) in [7, 11) is -3.30. The molecule has 8 heteroatoms. The van der Waals surface area contributed by atoms with Crippen LogP contribution in [-0.4, -0.2) is 50.0 Å². The largest absolute Gasteiger partial charge is 0.487 e. The van der Waals surface area contributed by atoms with Crippen molar-refractivity contribution in [3.05, 3.63) is 53.3 Å². The van der Waals surface area contributed by atoms with Crippen LogP contribution in [0.25, 0.3) is 11.1 Å². The molecule has 1 saturated heterocycles. The summed E-state index contributed by atoms with van der Waals surface area (Å²) in [6.07, 6.45) is 4.01. The Morgan fingerprint density at radius 2 is 1.74 bits per heavy atom. The number of piperidine rings is 1. The Kier molecular flexibility index (Phi) is 6.40. The van der Waals surface area contributed by atoms with Crippen LogP contribution in [0.1, 0.15) is 51.2 Å². The van der Waals surface area contributed by atoms with E-state index >= 15 is 0 Å². The molecular formula is C26H32FNO5S. The first-order valence-electron chi connectivity index (χ1n) is 11.6. The molecule has 4 rings (SSSR count). The molecule has 2 heterocycles. The van der Waals surface area contributed by atoms with E-state index in [9.17, 15) is 17.6 Å². The number of carbonyl (C=O) groups excluding carboxylic acids is 1. The number of halogens is 1. The summed E-state index contributed by atoms with van der Waals surface area (Å²) in [4.78, 5) is 14.1. The molecule has 0 aliphatic carbocycles. The molecule has 0 bridgehead atoms. The molecule has 2 aliphatic heterocycles. The van der Waals surface area contributed by atoms with E-state index in [1.54, 1.807) is 11.0 Å². The summed E-state index contributed by atoms with van der Waals surface area (Å²) in [5.41, 5.74) is 2.00. The first-order chi connectivity index (χ1) is 15.8. The van der Waals surface area contributed by atoms with Crippen LogP contribution < -0.4 is 4.74 Å². The van der Waals surface area contributed by atoms with Gasteiger partial charge in [-0.15, -0.1) is 0 Å². The van der Waals surface area contributed by atoms with E-state index in [0.29, 0.717) is 18.7 Å². The quantitative estimate of drug-likeness (QED) is 0.598. The van der Waals surface area contributed by atoms with E-state index < -0.39 is 21.3 Å². The van der Waals surface area contributed by atoms with Crippen molar-refractivity contribution < 1.29 is 27.1 Å². The number of rotatable bonds is 3. The minimum atomic E-state index is -3.30. The Balaban J connectivity index is 1.44. The first kappa shape index (κ1) is 24.5. The summed E-state index contributed by atoms with van der Waals surface area (Å²) in [5, 5.41) is 0. The predicted octanol–water partition coefficient (Wildman–Crippen LogP) is 5.13. The van der Waals surface area contributed by atoms with Crippen LogP contribution in [0.2, 0.25) is 0 Å². The van der Waals surface area contributed by atoms with Crippen LogP contribution in [0.15, 0.2) is 36.4 Å². The summed E-state index contributed by atoms with van der Waals surface area (Å²) >= 11 is 0. The van der Waals surface area contributed by atoms with Crippen molar-refractivity contribution in [3.8, 4) is 16.9 Å². The first-order valence-corrected chi connectivity index (χ1v) is 13.7. The molecule has 0 saturated carbocycles. The van der Waals surface area contributed by atoms with E-state index in [4.69, 9.17) is 9.47 Å². The number of amides is 1. The molecule has 0 atom stereocenters. The average Bonchev–Trinajstić information content (AvgIpc) is 2.73. The molecule has 2 aliphatic rings. The maximum atomic E-state index is 14.5. The number of nitrogens with zero attached hydrogens (tertiary/aromatic N) is 1. The molecule has 1 fully saturated rings. The average molecular weight is 490 g/mol. The number of hydrogen-bond acceptors (Lipinski definition) is 5. The molecule has 1 spiro atoms. The number of hydrogen-bond donors (Lipinski definition) is 0. The minimum absolute atomic E-state index is 0.173. The molecule has 2 aromatic rings. The van der Waals surface area contributed by atoms with Crippen molar-refractivity contribution in [2.24, 2.45) is 0 Å². The third kappa shape index (κ3) is 5.71. The fourth-order valence-corrected chi connectivity index (χ4v) is 5.40. The van der Waals surface area contributed by atoms with Crippen molar-refractivity contribution in [2.75, 3.05) is 19.3 Å². The molecule has 0 N–H and O–H groups in total. The molecule has 2 aromatic carbocycles. The second kappa shape index (κ2) is 8.87. The van der Waals surface area contributed by atoms with Gasteiger partial charge in [-0.3, -0.25) is 0 Å². The van der Waals surface area contributed by atoms with Crippen LogP contribution in [0.4, 0.5) is 9.18 Å². The standard InChI is InChI=1S/C26H32FNO5S/c1-25(2,3)33-24(29)28-13-11-26(12-14-28)10-9-20-15-18(7-8-23(20)32-26)19-5-6-21(22(27)16-19)17-34(4,30)31/h5-8,15-16H,9-14,17H2,1-4H3. The molecular weight excluding hydrogens is 457 g/mol. The summed E-state index contributed by atoms with van der Waals surface area (Å²) in [5.74, 6) is -0.00705. The lowest BCUT2D eigenvalue weighted by atomic mass is 9.82. The Hall–Kier alpha value is -2.61. The van der Waals surface area contributed by atoms with Crippen molar-refractivity contribution >= 4 is 15.9 Å². The smallest absolute Gasteiger partial charge is 0.410 e. The number of carbonyl (C=O) groups is 1. The van der Waals surface area contributed by atoms with Crippen molar-refractivity contribution in [2.45, 2.75) is 63.4 Å². The van der Waals surface area contributed by atoms with Gasteiger partial charge in [0.25, 0.3) is 0 Å². The normalized spacial score (nSPS) is 17.7. The Labute approximate surface area is 201 Å². The van der Waals surface area contributed by atoms with Crippen molar-refractivity contribution in [1.82, 2.24) is 4.90 Å². The van der Waals surface area contributed by atoms with Gasteiger partial charge in [0.1, 0.15) is 22.8 Å². The lowest BCUT2D eigenvalue weighted by molar-refractivity contribution is -0.0272. The van der Waals surface area contributed by atoms with Crippen LogP contribution in [0.5, 0.6) is 5.75 Å². The predicted molar refractivity (Wildman–Crippen MR) is 129 cm³/mol. The zero-order chi connectivity index (χ0) is 24.7. The van der Waals surface area contributed by atoms with E-state index in [1.165, 1.54) is 12.1 Å². The number of fused-ring (bicyclic) bond motifs is 1. The van der Waals surface area contributed by atoms with Gasteiger partial charge in [0.2, 0.25) is 0 Å². The Morgan fingerprint density at radius 3 is 2.35 bits per heavy atom. The van der Waals surface area contributed by atoms with E-state index in [0.717, 1.165) is 48.8 Å². The lowest BCUT2D eigenvalue weighted by Gasteiger charge is -2.44. The number of benzene rings is 2. The monoisotopic (exact) mass is 489 g/mol. The van der Waals surface area contributed by atoms with Crippen LogP contribution in [-0.2, 0) is 26.7 Å². The maximum absolute atomic E-state index is 14.5. The van der Waals surface area contributed by atoms with Crippen molar-refractivity contribution in [3.63, 3.8) is 0 Å². The van der Waals surface area contributed by atoms with E-state index in [2.05, 4.69) is 0 Å². The zero-order valence-electron chi connectivity index (χ0n) is 20.2. The van der Waals surface area contributed by atoms with Gasteiger partial charge in [0, 0.05) is 37.8 Å². The zero-order valence-corrected chi connectivity index (χ0v) is 21.0. The summed E-state index contributed by atoms with van der Waals surface area (Å²) in [6.45, 7) is 6.79. The minimum Gasteiger partial charge on any atom is -0.487 e. The molecule has 1 amide bonds. The van der Waals surface area contributed by atoms with Gasteiger partial charge in [-0.1, -0.05) is 18.2 Å². The second-order valence-corrected chi connectivity index (χ2v) is 12.6. The molecule has 0 unspecified atom stereocenters.